The second-order valence-electron chi connectivity index (χ2n) is 4.64. The van der Waals surface area contributed by atoms with Gasteiger partial charge in [0.1, 0.15) is 0 Å². The topological polar surface area (TPSA) is 41.1 Å². The fraction of sp³-hybridized carbons (Fsp3) is 0.308. The van der Waals surface area contributed by atoms with Gasteiger partial charge in [-0.15, -0.1) is 0 Å². The molecule has 19 heavy (non-hydrogen) atoms. The van der Waals surface area contributed by atoms with Crippen molar-refractivity contribution in [1.82, 2.24) is 10.6 Å². The van der Waals surface area contributed by atoms with E-state index in [2.05, 4.69) is 10.6 Å². The lowest BCUT2D eigenvalue weighted by atomic mass is 9.96. The summed E-state index contributed by atoms with van der Waals surface area (Å²) in [5.41, 5.74) is 1.34. The number of carbonyl (C=O) groups excluding carboxylic acids is 1. The third-order valence-corrected chi connectivity index (χ3v) is 3.73. The van der Waals surface area contributed by atoms with E-state index in [0.29, 0.717) is 24.0 Å². The molecule has 2 aliphatic rings. The van der Waals surface area contributed by atoms with E-state index in [0.717, 1.165) is 11.8 Å². The van der Waals surface area contributed by atoms with Crippen LogP contribution in [0.3, 0.4) is 0 Å². The number of allylic oxidation sites excluding steroid dienone is 1. The molecule has 2 unspecified atom stereocenters. The van der Waals surface area contributed by atoms with Crippen molar-refractivity contribution in [3.8, 4) is 0 Å². The summed E-state index contributed by atoms with van der Waals surface area (Å²) >= 11 is 5.88. The predicted octanol–water partition coefficient (Wildman–Crippen LogP) is 2.34. The number of alkyl halides is 1. The molecule has 1 aliphatic heterocycles. The lowest BCUT2D eigenvalue weighted by Crippen LogP contribution is -2.46. The van der Waals surface area contributed by atoms with Crippen LogP contribution in [-0.4, -0.2) is 11.5 Å². The molecule has 1 amide bonds. The summed E-state index contributed by atoms with van der Waals surface area (Å²) in [6.45, 7) is 0. The average Bonchev–Trinajstić information content (AvgIpc) is 2.76. The van der Waals surface area contributed by atoms with Gasteiger partial charge in [0, 0.05) is 17.2 Å². The molecule has 0 saturated heterocycles. The molecule has 6 heteroatoms. The Hall–Kier alpha value is -1.62. The number of amides is 1. The summed E-state index contributed by atoms with van der Waals surface area (Å²) in [4.78, 5) is 11.8. The summed E-state index contributed by atoms with van der Waals surface area (Å²) in [5, 5.41) is 5.55. The highest BCUT2D eigenvalue weighted by atomic mass is 35.5. The third kappa shape index (κ3) is 2.08. The molecule has 0 saturated carbocycles. The molecule has 2 atom stereocenters. The minimum atomic E-state index is -0.880. The summed E-state index contributed by atoms with van der Waals surface area (Å²) in [6, 6.07) is 3.81. The normalized spacial score (nSPS) is 25.9. The zero-order valence-corrected chi connectivity index (χ0v) is 10.6. The molecule has 1 heterocycles. The Morgan fingerprint density at radius 3 is 2.74 bits per heavy atom. The highest BCUT2D eigenvalue weighted by Gasteiger charge is 2.35. The van der Waals surface area contributed by atoms with E-state index in [1.54, 1.807) is 0 Å². The molecular formula is C13H11ClF2N2O. The van der Waals surface area contributed by atoms with Crippen LogP contribution in [0.5, 0.6) is 0 Å². The third-order valence-electron chi connectivity index (χ3n) is 3.52. The highest BCUT2D eigenvalue weighted by molar-refractivity contribution is 6.22. The van der Waals surface area contributed by atoms with Gasteiger partial charge in [0.2, 0.25) is 0 Å². The summed E-state index contributed by atoms with van der Waals surface area (Å²) < 4.78 is 26.2. The van der Waals surface area contributed by atoms with Crippen LogP contribution in [0.25, 0.3) is 0 Å². The van der Waals surface area contributed by atoms with Crippen LogP contribution >= 0.6 is 11.6 Å². The monoisotopic (exact) mass is 284 g/mol. The SMILES string of the molecule is O=C1NC(Cl)NC2=C1CCC2c1ccc(F)c(F)c1. The van der Waals surface area contributed by atoms with Crippen molar-refractivity contribution < 1.29 is 13.6 Å². The standard InChI is InChI=1S/C13H11ClF2N2O/c14-13-17-11-7(2-3-8(11)12(19)18-13)6-1-4-9(15)10(16)5-6/h1,4-5,7,13,17H,2-3H2,(H,18,19). The van der Waals surface area contributed by atoms with Crippen LogP contribution in [0.4, 0.5) is 8.78 Å². The van der Waals surface area contributed by atoms with Gasteiger partial charge >= 0.3 is 0 Å². The van der Waals surface area contributed by atoms with Gasteiger partial charge < -0.3 is 10.6 Å². The Balaban J connectivity index is 1.98. The van der Waals surface area contributed by atoms with Crippen LogP contribution in [0.15, 0.2) is 29.5 Å². The number of benzene rings is 1. The average molecular weight is 285 g/mol. The lowest BCUT2D eigenvalue weighted by Gasteiger charge is -2.26. The second kappa shape index (κ2) is 4.49. The molecule has 0 fully saturated rings. The van der Waals surface area contributed by atoms with Gasteiger partial charge in [0.05, 0.1) is 0 Å². The molecule has 0 spiro atoms. The first-order valence-electron chi connectivity index (χ1n) is 5.95. The van der Waals surface area contributed by atoms with Crippen molar-refractivity contribution in [1.29, 1.82) is 0 Å². The fourth-order valence-corrected chi connectivity index (χ4v) is 2.86. The number of nitrogens with one attached hydrogen (secondary N) is 2. The van der Waals surface area contributed by atoms with E-state index < -0.39 is 17.3 Å². The number of carbonyl (C=O) groups is 1. The number of hydrogen-bond donors (Lipinski definition) is 2. The maximum absolute atomic E-state index is 13.3. The summed E-state index contributed by atoms with van der Waals surface area (Å²) in [6.07, 6.45) is 1.28. The summed E-state index contributed by atoms with van der Waals surface area (Å²) in [7, 11) is 0. The molecule has 1 aromatic rings. The van der Waals surface area contributed by atoms with Crippen molar-refractivity contribution in [2.45, 2.75) is 24.4 Å². The zero-order valence-electron chi connectivity index (χ0n) is 9.84. The molecule has 1 aromatic carbocycles. The van der Waals surface area contributed by atoms with Crippen LogP contribution in [0, 0.1) is 11.6 Å². The number of rotatable bonds is 1. The number of hydrogen-bond acceptors (Lipinski definition) is 2. The van der Waals surface area contributed by atoms with Crippen molar-refractivity contribution in [2.75, 3.05) is 0 Å². The molecule has 0 aromatic heterocycles. The van der Waals surface area contributed by atoms with Crippen molar-refractivity contribution in [3.05, 3.63) is 46.7 Å². The maximum atomic E-state index is 13.3. The molecular weight excluding hydrogens is 274 g/mol. The van der Waals surface area contributed by atoms with E-state index >= 15 is 0 Å². The molecule has 3 nitrogen and oxygen atoms in total. The molecule has 100 valence electrons. The lowest BCUT2D eigenvalue weighted by molar-refractivity contribution is -0.118. The van der Waals surface area contributed by atoms with Crippen molar-refractivity contribution in [3.63, 3.8) is 0 Å². The predicted molar refractivity (Wildman–Crippen MR) is 66.3 cm³/mol. The van der Waals surface area contributed by atoms with Crippen LogP contribution in [-0.2, 0) is 4.79 Å². The van der Waals surface area contributed by atoms with Crippen LogP contribution < -0.4 is 10.6 Å². The minimum absolute atomic E-state index is 0.141. The molecule has 0 radical (unpaired) electrons. The minimum Gasteiger partial charge on any atom is -0.355 e. The van der Waals surface area contributed by atoms with E-state index in [1.165, 1.54) is 12.1 Å². The van der Waals surface area contributed by atoms with Gasteiger partial charge in [-0.1, -0.05) is 17.7 Å². The Labute approximate surface area is 113 Å². The largest absolute Gasteiger partial charge is 0.355 e. The van der Waals surface area contributed by atoms with Gasteiger partial charge in [-0.25, -0.2) is 8.78 Å². The molecule has 1 aliphatic carbocycles. The Bertz CT molecular complexity index is 588. The molecule has 0 bridgehead atoms. The van der Waals surface area contributed by atoms with E-state index in [1.807, 2.05) is 0 Å². The van der Waals surface area contributed by atoms with Gasteiger partial charge in [-0.2, -0.15) is 0 Å². The van der Waals surface area contributed by atoms with Gasteiger partial charge in [-0.3, -0.25) is 4.79 Å². The second-order valence-corrected chi connectivity index (χ2v) is 5.07. The highest BCUT2D eigenvalue weighted by Crippen LogP contribution is 2.40. The Morgan fingerprint density at radius 1 is 1.21 bits per heavy atom. The quantitative estimate of drug-likeness (QED) is 0.614. The Morgan fingerprint density at radius 2 is 2.00 bits per heavy atom. The van der Waals surface area contributed by atoms with E-state index in [9.17, 15) is 13.6 Å². The smallest absolute Gasteiger partial charge is 0.251 e. The first-order chi connectivity index (χ1) is 9.06. The fourth-order valence-electron chi connectivity index (χ4n) is 2.64. The summed E-state index contributed by atoms with van der Waals surface area (Å²) in [5.74, 6) is -2.09. The van der Waals surface area contributed by atoms with Gasteiger partial charge in [-0.05, 0) is 30.5 Å². The van der Waals surface area contributed by atoms with Gasteiger partial charge in [0.15, 0.2) is 17.3 Å². The first kappa shape index (κ1) is 12.4. The van der Waals surface area contributed by atoms with E-state index in [-0.39, 0.29) is 11.8 Å². The zero-order chi connectivity index (χ0) is 13.6. The number of halogens is 3. The molecule has 2 N–H and O–H groups in total. The maximum Gasteiger partial charge on any atom is 0.251 e. The van der Waals surface area contributed by atoms with Crippen LogP contribution in [0.2, 0.25) is 0 Å². The van der Waals surface area contributed by atoms with Gasteiger partial charge in [0.25, 0.3) is 5.91 Å². The first-order valence-corrected chi connectivity index (χ1v) is 6.39. The molecule has 3 rings (SSSR count). The van der Waals surface area contributed by atoms with Crippen LogP contribution in [0.1, 0.15) is 24.3 Å². The Kier molecular flexibility index (Phi) is 2.93. The van der Waals surface area contributed by atoms with E-state index in [4.69, 9.17) is 11.6 Å². The van der Waals surface area contributed by atoms with Crippen molar-refractivity contribution in [2.24, 2.45) is 0 Å². The van der Waals surface area contributed by atoms with Crippen molar-refractivity contribution >= 4 is 17.5 Å².